The molecule has 2 aromatic rings. The van der Waals surface area contributed by atoms with Gasteiger partial charge in [0.2, 0.25) is 0 Å². The number of anilines is 2. The SMILES string of the molecule is Cc1[nH]ncc1CNc1ncc(N)cc1C#N. The van der Waals surface area contributed by atoms with Crippen molar-refractivity contribution in [3.63, 3.8) is 0 Å². The lowest BCUT2D eigenvalue weighted by Gasteiger charge is -2.06. The molecule has 0 radical (unpaired) electrons. The predicted molar refractivity (Wildman–Crippen MR) is 64.0 cm³/mol. The van der Waals surface area contributed by atoms with Crippen LogP contribution in [0.2, 0.25) is 0 Å². The molecule has 6 nitrogen and oxygen atoms in total. The van der Waals surface area contributed by atoms with Crippen LogP contribution in [0, 0.1) is 18.3 Å². The summed E-state index contributed by atoms with van der Waals surface area (Å²) in [6.07, 6.45) is 3.26. The number of aromatic amines is 1. The third kappa shape index (κ3) is 2.34. The molecule has 6 heteroatoms. The lowest BCUT2D eigenvalue weighted by molar-refractivity contribution is 1.04. The first-order valence-electron chi connectivity index (χ1n) is 5.09. The molecule has 4 N–H and O–H groups in total. The van der Waals surface area contributed by atoms with E-state index < -0.39 is 0 Å². The number of nitriles is 1. The van der Waals surface area contributed by atoms with Gasteiger partial charge in [0.15, 0.2) is 0 Å². The van der Waals surface area contributed by atoms with E-state index in [1.54, 1.807) is 12.3 Å². The van der Waals surface area contributed by atoms with Crippen LogP contribution in [0.25, 0.3) is 0 Å². The summed E-state index contributed by atoms with van der Waals surface area (Å²) in [5, 5.41) is 18.8. The summed E-state index contributed by atoms with van der Waals surface area (Å²) < 4.78 is 0. The number of hydrogen-bond donors (Lipinski definition) is 3. The highest BCUT2D eigenvalue weighted by molar-refractivity contribution is 5.57. The van der Waals surface area contributed by atoms with Crippen LogP contribution < -0.4 is 11.1 Å². The second-order valence-corrected chi connectivity index (χ2v) is 3.65. The van der Waals surface area contributed by atoms with Crippen LogP contribution in [0.3, 0.4) is 0 Å². The molecule has 0 aliphatic heterocycles. The fraction of sp³-hybridized carbons (Fsp3) is 0.182. The molecule has 0 saturated carbocycles. The van der Waals surface area contributed by atoms with Crippen molar-refractivity contribution in [2.75, 3.05) is 11.1 Å². The zero-order valence-corrected chi connectivity index (χ0v) is 9.36. The smallest absolute Gasteiger partial charge is 0.144 e. The molecule has 0 aliphatic rings. The molecule has 17 heavy (non-hydrogen) atoms. The Morgan fingerprint density at radius 3 is 3.00 bits per heavy atom. The molecule has 0 atom stereocenters. The molecule has 0 saturated heterocycles. The summed E-state index contributed by atoms with van der Waals surface area (Å²) in [5.41, 5.74) is 8.50. The zero-order chi connectivity index (χ0) is 12.3. The Hall–Kier alpha value is -2.55. The minimum absolute atomic E-state index is 0.436. The van der Waals surface area contributed by atoms with E-state index in [1.807, 2.05) is 6.92 Å². The highest BCUT2D eigenvalue weighted by Crippen LogP contribution is 2.15. The van der Waals surface area contributed by atoms with E-state index in [4.69, 9.17) is 11.0 Å². The van der Waals surface area contributed by atoms with Crippen molar-refractivity contribution >= 4 is 11.5 Å². The van der Waals surface area contributed by atoms with Crippen molar-refractivity contribution in [1.82, 2.24) is 15.2 Å². The van der Waals surface area contributed by atoms with Crippen molar-refractivity contribution < 1.29 is 0 Å². The highest BCUT2D eigenvalue weighted by Gasteiger charge is 2.05. The van der Waals surface area contributed by atoms with Gasteiger partial charge >= 0.3 is 0 Å². The quantitative estimate of drug-likeness (QED) is 0.731. The highest BCUT2D eigenvalue weighted by atomic mass is 15.1. The number of hydrogen-bond acceptors (Lipinski definition) is 5. The van der Waals surface area contributed by atoms with Gasteiger partial charge in [-0.25, -0.2) is 4.98 Å². The van der Waals surface area contributed by atoms with Gasteiger partial charge in [0, 0.05) is 17.8 Å². The second kappa shape index (κ2) is 4.53. The van der Waals surface area contributed by atoms with Crippen molar-refractivity contribution in [3.8, 4) is 6.07 Å². The Morgan fingerprint density at radius 2 is 2.35 bits per heavy atom. The van der Waals surface area contributed by atoms with Crippen LogP contribution in [0.1, 0.15) is 16.8 Å². The molecule has 2 aromatic heterocycles. The average molecular weight is 228 g/mol. The number of nitrogens with two attached hydrogens (primary N) is 1. The van der Waals surface area contributed by atoms with Gasteiger partial charge in [0.25, 0.3) is 0 Å². The van der Waals surface area contributed by atoms with Crippen LogP contribution in [-0.4, -0.2) is 15.2 Å². The molecule has 0 fully saturated rings. The van der Waals surface area contributed by atoms with Crippen LogP contribution >= 0.6 is 0 Å². The van der Waals surface area contributed by atoms with Crippen LogP contribution in [0.15, 0.2) is 18.5 Å². The monoisotopic (exact) mass is 228 g/mol. The summed E-state index contributed by atoms with van der Waals surface area (Å²) in [6, 6.07) is 3.65. The van der Waals surface area contributed by atoms with Crippen molar-refractivity contribution in [1.29, 1.82) is 5.26 Å². The molecular weight excluding hydrogens is 216 g/mol. The van der Waals surface area contributed by atoms with Gasteiger partial charge in [0.1, 0.15) is 11.9 Å². The van der Waals surface area contributed by atoms with Gasteiger partial charge in [0.05, 0.1) is 23.6 Å². The normalized spacial score (nSPS) is 9.88. The first-order valence-corrected chi connectivity index (χ1v) is 5.09. The standard InChI is InChI=1S/C11H12N6/c1-7-9(5-16-17-7)4-14-11-8(3-12)2-10(13)6-15-11/h2,5-6H,4,13H2,1H3,(H,14,15)(H,16,17). The lowest BCUT2D eigenvalue weighted by Crippen LogP contribution is -2.04. The summed E-state index contributed by atoms with van der Waals surface area (Å²) in [4.78, 5) is 4.09. The fourth-order valence-electron chi connectivity index (χ4n) is 1.44. The third-order valence-corrected chi connectivity index (χ3v) is 2.41. The molecule has 2 rings (SSSR count). The summed E-state index contributed by atoms with van der Waals surface area (Å²) in [5.74, 6) is 0.530. The van der Waals surface area contributed by atoms with Gasteiger partial charge in [-0.2, -0.15) is 10.4 Å². The average Bonchev–Trinajstić information content (AvgIpc) is 2.73. The fourth-order valence-corrected chi connectivity index (χ4v) is 1.44. The molecule has 0 aromatic carbocycles. The minimum atomic E-state index is 0.436. The zero-order valence-electron chi connectivity index (χ0n) is 9.36. The number of aromatic nitrogens is 3. The van der Waals surface area contributed by atoms with Crippen LogP contribution in [-0.2, 0) is 6.54 Å². The van der Waals surface area contributed by atoms with Gasteiger partial charge in [-0.1, -0.05) is 0 Å². The van der Waals surface area contributed by atoms with Crippen molar-refractivity contribution in [2.45, 2.75) is 13.5 Å². The first kappa shape index (κ1) is 11.0. The number of nitrogens with zero attached hydrogens (tertiary/aromatic N) is 3. The Kier molecular flexibility index (Phi) is 2.92. The van der Waals surface area contributed by atoms with Gasteiger partial charge in [-0.3, -0.25) is 5.10 Å². The topological polar surface area (TPSA) is 103 Å². The molecule has 0 bridgehead atoms. The minimum Gasteiger partial charge on any atom is -0.397 e. The van der Waals surface area contributed by atoms with E-state index in [2.05, 4.69) is 26.6 Å². The van der Waals surface area contributed by atoms with Gasteiger partial charge in [-0.05, 0) is 13.0 Å². The number of H-pyrrole nitrogens is 1. The number of pyridine rings is 1. The molecule has 2 heterocycles. The van der Waals surface area contributed by atoms with E-state index in [0.717, 1.165) is 11.3 Å². The predicted octanol–water partition coefficient (Wildman–Crippen LogP) is 1.18. The Bertz CT molecular complexity index is 566. The van der Waals surface area contributed by atoms with E-state index in [9.17, 15) is 0 Å². The maximum Gasteiger partial charge on any atom is 0.144 e. The number of nitrogen functional groups attached to an aromatic ring is 1. The molecule has 86 valence electrons. The maximum atomic E-state index is 8.95. The Balaban J connectivity index is 2.15. The summed E-state index contributed by atoms with van der Waals surface area (Å²) >= 11 is 0. The van der Waals surface area contributed by atoms with Crippen LogP contribution in [0.4, 0.5) is 11.5 Å². The van der Waals surface area contributed by atoms with Crippen molar-refractivity contribution in [3.05, 3.63) is 35.3 Å². The van der Waals surface area contributed by atoms with Gasteiger partial charge in [-0.15, -0.1) is 0 Å². The number of nitrogens with one attached hydrogen (secondary N) is 2. The molecule has 0 unspecified atom stereocenters. The molecule has 0 spiro atoms. The van der Waals surface area contributed by atoms with Crippen LogP contribution in [0.5, 0.6) is 0 Å². The van der Waals surface area contributed by atoms with E-state index in [-0.39, 0.29) is 0 Å². The largest absolute Gasteiger partial charge is 0.397 e. The van der Waals surface area contributed by atoms with E-state index >= 15 is 0 Å². The van der Waals surface area contributed by atoms with E-state index in [0.29, 0.717) is 23.6 Å². The number of aryl methyl sites for hydroxylation is 1. The second-order valence-electron chi connectivity index (χ2n) is 3.65. The Labute approximate surface area is 98.5 Å². The number of rotatable bonds is 3. The molecular formula is C11H12N6. The van der Waals surface area contributed by atoms with Crippen molar-refractivity contribution in [2.24, 2.45) is 0 Å². The maximum absolute atomic E-state index is 8.95. The molecule has 0 amide bonds. The summed E-state index contributed by atoms with van der Waals surface area (Å²) in [7, 11) is 0. The first-order chi connectivity index (χ1) is 8.20. The Morgan fingerprint density at radius 1 is 1.53 bits per heavy atom. The summed E-state index contributed by atoms with van der Waals surface area (Å²) in [6.45, 7) is 2.50. The molecule has 0 aliphatic carbocycles. The van der Waals surface area contributed by atoms with Gasteiger partial charge < -0.3 is 11.1 Å². The third-order valence-electron chi connectivity index (χ3n) is 2.41. The lowest BCUT2D eigenvalue weighted by atomic mass is 10.2. The van der Waals surface area contributed by atoms with E-state index in [1.165, 1.54) is 6.20 Å².